The largest absolute Gasteiger partial charge is 0.508 e. The van der Waals surface area contributed by atoms with Crippen molar-refractivity contribution in [3.8, 4) is 34.3 Å². The molecule has 0 atom stereocenters. The summed E-state index contributed by atoms with van der Waals surface area (Å²) in [6, 6.07) is 3.40. The zero-order valence-electron chi connectivity index (χ0n) is 12.4. The molecule has 2 aromatic carbocycles. The van der Waals surface area contributed by atoms with Crippen LogP contribution >= 0.6 is 0 Å². The van der Waals surface area contributed by atoms with Crippen LogP contribution in [-0.2, 0) is 0 Å². The molecule has 4 N–H and O–H groups in total. The molecule has 106 valence electrons. The molecule has 21 heavy (non-hydrogen) atoms. The number of benzene rings is 2. The van der Waals surface area contributed by atoms with Gasteiger partial charge in [0, 0.05) is 23.7 Å². The van der Waals surface area contributed by atoms with Crippen LogP contribution in [0.5, 0.6) is 23.0 Å². The van der Waals surface area contributed by atoms with E-state index < -0.39 is 34.8 Å². The molecule has 1 heterocycles. The Hall–Kier alpha value is -3.15. The fraction of sp³-hybridized carbons (Fsp3) is 0. The molecule has 0 aliphatic carbocycles. The Morgan fingerprint density at radius 2 is 1.71 bits per heavy atom. The summed E-state index contributed by atoms with van der Waals surface area (Å²) in [4.78, 5) is 12.2. The minimum Gasteiger partial charge on any atom is -0.508 e. The first-order chi connectivity index (χ1) is 10.8. The van der Waals surface area contributed by atoms with Gasteiger partial charge >= 0.3 is 0 Å². The summed E-state index contributed by atoms with van der Waals surface area (Å²) in [5.41, 5.74) is -0.855. The number of rotatable bonds is 1. The van der Waals surface area contributed by atoms with Crippen molar-refractivity contribution in [3.05, 3.63) is 46.6 Å². The SMILES string of the molecule is [2H]c1c(O)c([2H])c2oc(-c3ccc(O)c(O)c3)cc(=O)c2c1O. The van der Waals surface area contributed by atoms with Gasteiger partial charge in [0.05, 0.1) is 2.74 Å². The van der Waals surface area contributed by atoms with Crippen molar-refractivity contribution < 1.29 is 27.6 Å². The molecule has 0 spiro atoms. The lowest BCUT2D eigenvalue weighted by atomic mass is 10.1. The van der Waals surface area contributed by atoms with Gasteiger partial charge in [-0.05, 0) is 18.2 Å². The second kappa shape index (κ2) is 4.45. The number of hydrogen-bond donors (Lipinski definition) is 4. The summed E-state index contributed by atoms with van der Waals surface area (Å²) in [5, 5.41) is 37.9. The van der Waals surface area contributed by atoms with E-state index in [4.69, 9.17) is 7.16 Å². The normalized spacial score (nSPS) is 12.2. The van der Waals surface area contributed by atoms with Crippen LogP contribution in [0.25, 0.3) is 22.3 Å². The van der Waals surface area contributed by atoms with E-state index in [9.17, 15) is 25.2 Å². The minimum absolute atomic E-state index is 0.0390. The monoisotopic (exact) mass is 288 g/mol. The van der Waals surface area contributed by atoms with Gasteiger partial charge in [0.2, 0.25) is 0 Å². The summed E-state index contributed by atoms with van der Waals surface area (Å²) in [6.45, 7) is 0. The van der Waals surface area contributed by atoms with Crippen molar-refractivity contribution in [1.82, 2.24) is 0 Å². The Morgan fingerprint density at radius 3 is 2.43 bits per heavy atom. The van der Waals surface area contributed by atoms with Crippen LogP contribution in [0.15, 0.2) is 45.6 Å². The fourth-order valence-electron chi connectivity index (χ4n) is 1.94. The lowest BCUT2D eigenvalue weighted by Crippen LogP contribution is -2.00. The van der Waals surface area contributed by atoms with Crippen LogP contribution in [0, 0.1) is 0 Å². The quantitative estimate of drug-likeness (QED) is 0.511. The topological polar surface area (TPSA) is 111 Å². The van der Waals surface area contributed by atoms with Crippen LogP contribution < -0.4 is 5.43 Å². The summed E-state index contributed by atoms with van der Waals surface area (Å²) >= 11 is 0. The number of hydrogen-bond acceptors (Lipinski definition) is 6. The van der Waals surface area contributed by atoms with Gasteiger partial charge in [-0.2, -0.15) is 0 Å². The highest BCUT2D eigenvalue weighted by molar-refractivity contribution is 5.86. The molecule has 3 rings (SSSR count). The van der Waals surface area contributed by atoms with E-state index in [1.807, 2.05) is 0 Å². The van der Waals surface area contributed by atoms with E-state index in [1.54, 1.807) is 0 Å². The van der Waals surface area contributed by atoms with Gasteiger partial charge in [-0.15, -0.1) is 0 Å². The summed E-state index contributed by atoms with van der Waals surface area (Å²) < 4.78 is 20.6. The van der Waals surface area contributed by atoms with E-state index >= 15 is 0 Å². The minimum atomic E-state index is -0.816. The van der Waals surface area contributed by atoms with Gasteiger partial charge in [0.25, 0.3) is 0 Å². The highest BCUT2D eigenvalue weighted by Crippen LogP contribution is 2.33. The molecule has 0 radical (unpaired) electrons. The molecule has 0 bridgehead atoms. The third kappa shape index (κ3) is 2.12. The Labute approximate surface area is 120 Å². The Morgan fingerprint density at radius 1 is 0.952 bits per heavy atom. The highest BCUT2D eigenvalue weighted by Gasteiger charge is 2.13. The van der Waals surface area contributed by atoms with Gasteiger partial charge in [-0.25, -0.2) is 0 Å². The maximum atomic E-state index is 12.2. The number of phenolic OH excluding ortho intramolecular Hbond substituents is 4. The third-order valence-electron chi connectivity index (χ3n) is 2.91. The predicted octanol–water partition coefficient (Wildman–Crippen LogP) is 2.28. The van der Waals surface area contributed by atoms with Gasteiger partial charge in [-0.1, -0.05) is 0 Å². The van der Waals surface area contributed by atoms with Crippen LogP contribution in [0.2, 0.25) is 0 Å². The first-order valence-corrected chi connectivity index (χ1v) is 5.82. The summed E-state index contributed by atoms with van der Waals surface area (Å²) in [5.74, 6) is -2.41. The summed E-state index contributed by atoms with van der Waals surface area (Å²) in [7, 11) is 0. The average molecular weight is 288 g/mol. The molecule has 0 fully saturated rings. The summed E-state index contributed by atoms with van der Waals surface area (Å²) in [6.07, 6.45) is 0. The predicted molar refractivity (Wildman–Crippen MR) is 74.6 cm³/mol. The molecule has 0 unspecified atom stereocenters. The van der Waals surface area contributed by atoms with Gasteiger partial charge < -0.3 is 24.8 Å². The van der Waals surface area contributed by atoms with E-state index in [-0.39, 0.29) is 28.0 Å². The molecule has 0 aliphatic heterocycles. The van der Waals surface area contributed by atoms with Gasteiger partial charge in [0.1, 0.15) is 28.2 Å². The molecule has 3 aromatic rings. The van der Waals surface area contributed by atoms with E-state index in [2.05, 4.69) is 0 Å². The molecular weight excluding hydrogens is 276 g/mol. The van der Waals surface area contributed by atoms with Crippen molar-refractivity contribution in [2.24, 2.45) is 0 Å². The molecule has 6 heteroatoms. The van der Waals surface area contributed by atoms with E-state index in [0.717, 1.165) is 12.1 Å². The van der Waals surface area contributed by atoms with Crippen molar-refractivity contribution in [1.29, 1.82) is 0 Å². The number of fused-ring (bicyclic) bond motifs is 1. The first kappa shape index (κ1) is 10.6. The van der Waals surface area contributed by atoms with Crippen LogP contribution in [0.3, 0.4) is 0 Å². The Kier molecular flexibility index (Phi) is 2.25. The first-order valence-electron chi connectivity index (χ1n) is 6.82. The van der Waals surface area contributed by atoms with Gasteiger partial charge in [0.15, 0.2) is 16.9 Å². The second-order valence-electron chi connectivity index (χ2n) is 4.33. The standard InChI is InChI=1S/C15H10O6/c16-8-4-11(19)15-12(20)6-13(21-14(15)5-8)7-1-2-9(17)10(18)3-7/h1-6,16-19H/i4D,5D. The zero-order valence-corrected chi connectivity index (χ0v) is 10.4. The maximum absolute atomic E-state index is 12.2. The highest BCUT2D eigenvalue weighted by atomic mass is 16.3. The zero-order chi connectivity index (χ0) is 16.9. The van der Waals surface area contributed by atoms with Crippen molar-refractivity contribution in [2.45, 2.75) is 0 Å². The van der Waals surface area contributed by atoms with Crippen molar-refractivity contribution >= 4 is 11.0 Å². The molecule has 0 saturated heterocycles. The smallest absolute Gasteiger partial charge is 0.197 e. The number of phenols is 4. The fourth-order valence-corrected chi connectivity index (χ4v) is 1.94. The molecular formula is C15H10O6. The number of aromatic hydroxyl groups is 4. The Bertz CT molecular complexity index is 1010. The lowest BCUT2D eigenvalue weighted by Gasteiger charge is -2.06. The molecule has 1 aromatic heterocycles. The molecule has 0 saturated carbocycles. The molecule has 0 amide bonds. The third-order valence-corrected chi connectivity index (χ3v) is 2.91. The average Bonchev–Trinajstić information content (AvgIpc) is 2.52. The maximum Gasteiger partial charge on any atom is 0.197 e. The lowest BCUT2D eigenvalue weighted by molar-refractivity contribution is 0.404. The van der Waals surface area contributed by atoms with Crippen LogP contribution in [-0.4, -0.2) is 20.4 Å². The van der Waals surface area contributed by atoms with Gasteiger partial charge in [-0.3, -0.25) is 4.79 Å². The van der Waals surface area contributed by atoms with Crippen molar-refractivity contribution in [2.75, 3.05) is 0 Å². The second-order valence-corrected chi connectivity index (χ2v) is 4.33. The molecule has 0 aliphatic rings. The Balaban J connectivity index is 2.38. The van der Waals surface area contributed by atoms with Crippen molar-refractivity contribution in [3.63, 3.8) is 0 Å². The molecule has 6 nitrogen and oxygen atoms in total. The van der Waals surface area contributed by atoms with E-state index in [0.29, 0.717) is 0 Å². The van der Waals surface area contributed by atoms with E-state index in [1.165, 1.54) is 12.1 Å². The van der Waals surface area contributed by atoms with Crippen LogP contribution in [0.4, 0.5) is 0 Å². The van der Waals surface area contributed by atoms with Crippen LogP contribution in [0.1, 0.15) is 2.74 Å².